The van der Waals surface area contributed by atoms with Crippen molar-refractivity contribution in [2.75, 3.05) is 19.7 Å². The number of amides is 1. The molecule has 1 amide bonds. The summed E-state index contributed by atoms with van der Waals surface area (Å²) in [6.07, 6.45) is 0.798. The summed E-state index contributed by atoms with van der Waals surface area (Å²) in [4.78, 5) is 11.6. The highest BCUT2D eigenvalue weighted by atomic mass is 79.9. The average molecular weight is 408 g/mol. The zero-order valence-corrected chi connectivity index (χ0v) is 14.9. The van der Waals surface area contributed by atoms with Gasteiger partial charge in [0.25, 0.3) is 5.91 Å². The molecule has 0 heterocycles. The maximum Gasteiger partial charge on any atom is 0.257 e. The van der Waals surface area contributed by atoms with Crippen molar-refractivity contribution in [1.29, 1.82) is 0 Å². The van der Waals surface area contributed by atoms with Crippen LogP contribution in [0.1, 0.15) is 19.4 Å². The van der Waals surface area contributed by atoms with E-state index in [0.29, 0.717) is 24.8 Å². The highest BCUT2D eigenvalue weighted by molar-refractivity contribution is 9.11. The molecule has 20 heavy (non-hydrogen) atoms. The Morgan fingerprint density at radius 1 is 1.35 bits per heavy atom. The summed E-state index contributed by atoms with van der Waals surface area (Å²) < 4.78 is 7.18. The predicted octanol–water partition coefficient (Wildman–Crippen LogP) is 2.86. The summed E-state index contributed by atoms with van der Waals surface area (Å²) in [6.45, 7) is 5.34. The zero-order valence-electron chi connectivity index (χ0n) is 11.7. The Balaban J connectivity index is 2.62. The first-order chi connectivity index (χ1) is 9.43. The molecular formula is C14H20Br2N2O2. The molecule has 0 fully saturated rings. The van der Waals surface area contributed by atoms with Gasteiger partial charge in [0.1, 0.15) is 5.75 Å². The van der Waals surface area contributed by atoms with Crippen LogP contribution >= 0.6 is 31.9 Å². The third-order valence-electron chi connectivity index (χ3n) is 2.55. The number of benzene rings is 1. The third-order valence-corrected chi connectivity index (χ3v) is 3.72. The summed E-state index contributed by atoms with van der Waals surface area (Å²) in [5, 5.41) is 2.81. The van der Waals surface area contributed by atoms with Crippen molar-refractivity contribution in [3.05, 3.63) is 26.6 Å². The number of carbonyl (C=O) groups excluding carboxylic acids is 1. The van der Waals surface area contributed by atoms with Crippen molar-refractivity contribution in [2.24, 2.45) is 11.7 Å². The van der Waals surface area contributed by atoms with Gasteiger partial charge in [-0.25, -0.2) is 0 Å². The molecule has 0 bridgehead atoms. The number of rotatable bonds is 7. The van der Waals surface area contributed by atoms with Crippen molar-refractivity contribution < 1.29 is 9.53 Å². The summed E-state index contributed by atoms with van der Waals surface area (Å²) in [7, 11) is 0. The van der Waals surface area contributed by atoms with E-state index in [-0.39, 0.29) is 12.5 Å². The number of nitrogens with one attached hydrogen (secondary N) is 1. The molecule has 0 spiro atoms. The van der Waals surface area contributed by atoms with E-state index in [1.807, 2.05) is 26.0 Å². The van der Waals surface area contributed by atoms with Gasteiger partial charge in [-0.05, 0) is 68.4 Å². The zero-order chi connectivity index (χ0) is 15.1. The molecule has 0 saturated heterocycles. The molecule has 1 rings (SSSR count). The molecule has 112 valence electrons. The minimum absolute atomic E-state index is 0.000154. The Labute approximate surface area is 136 Å². The quantitative estimate of drug-likeness (QED) is 0.730. The van der Waals surface area contributed by atoms with Gasteiger partial charge >= 0.3 is 0 Å². The Kier molecular flexibility index (Phi) is 7.55. The first-order valence-electron chi connectivity index (χ1n) is 6.51. The lowest BCUT2D eigenvalue weighted by Crippen LogP contribution is -2.31. The number of hydrogen-bond donors (Lipinski definition) is 2. The van der Waals surface area contributed by atoms with Crippen LogP contribution in [0.2, 0.25) is 0 Å². The summed E-state index contributed by atoms with van der Waals surface area (Å²) in [5.41, 5.74) is 6.65. The lowest BCUT2D eigenvalue weighted by atomic mass is 10.1. The monoisotopic (exact) mass is 406 g/mol. The highest BCUT2D eigenvalue weighted by Gasteiger charge is 2.11. The summed E-state index contributed by atoms with van der Waals surface area (Å²) >= 11 is 6.91. The van der Waals surface area contributed by atoms with E-state index in [9.17, 15) is 4.79 Å². The fourth-order valence-corrected chi connectivity index (χ4v) is 3.08. The van der Waals surface area contributed by atoms with Gasteiger partial charge in [0, 0.05) is 6.54 Å². The van der Waals surface area contributed by atoms with Crippen molar-refractivity contribution in [3.63, 3.8) is 0 Å². The second kappa shape index (κ2) is 8.64. The van der Waals surface area contributed by atoms with Gasteiger partial charge in [0.2, 0.25) is 0 Å². The van der Waals surface area contributed by atoms with Gasteiger partial charge in [0.15, 0.2) is 6.61 Å². The van der Waals surface area contributed by atoms with Crippen LogP contribution in [0.4, 0.5) is 0 Å². The highest BCUT2D eigenvalue weighted by Crippen LogP contribution is 2.34. The Morgan fingerprint density at radius 2 is 1.95 bits per heavy atom. The van der Waals surface area contributed by atoms with E-state index in [1.165, 1.54) is 0 Å². The van der Waals surface area contributed by atoms with Crippen molar-refractivity contribution in [2.45, 2.75) is 20.3 Å². The standard InChI is InChI=1S/C14H20Br2N2O2/c1-9(2)7-18-13(19)8-20-14-11(15)5-10(3-4-17)6-12(14)16/h5-6,9H,3-4,7-8,17H2,1-2H3,(H,18,19). The maximum absolute atomic E-state index is 11.6. The molecule has 0 aliphatic carbocycles. The van der Waals surface area contributed by atoms with Crippen LogP contribution in [0.25, 0.3) is 0 Å². The molecule has 3 N–H and O–H groups in total. The molecule has 6 heteroatoms. The Morgan fingerprint density at radius 3 is 2.45 bits per heavy atom. The van der Waals surface area contributed by atoms with Crippen molar-refractivity contribution in [1.82, 2.24) is 5.32 Å². The molecule has 0 saturated carbocycles. The van der Waals surface area contributed by atoms with E-state index in [2.05, 4.69) is 37.2 Å². The van der Waals surface area contributed by atoms with Crippen LogP contribution in [0.15, 0.2) is 21.1 Å². The van der Waals surface area contributed by atoms with Gasteiger partial charge in [-0.15, -0.1) is 0 Å². The van der Waals surface area contributed by atoms with E-state index in [0.717, 1.165) is 20.9 Å². The first kappa shape index (κ1) is 17.5. The molecule has 1 aromatic rings. The third kappa shape index (κ3) is 5.81. The van der Waals surface area contributed by atoms with Crippen LogP contribution in [-0.4, -0.2) is 25.6 Å². The number of ether oxygens (including phenoxy) is 1. The normalized spacial score (nSPS) is 10.7. The van der Waals surface area contributed by atoms with Crippen molar-refractivity contribution in [3.8, 4) is 5.75 Å². The maximum atomic E-state index is 11.6. The van der Waals surface area contributed by atoms with Gasteiger partial charge in [-0.3, -0.25) is 4.79 Å². The number of hydrogen-bond acceptors (Lipinski definition) is 3. The second-order valence-electron chi connectivity index (χ2n) is 4.91. The van der Waals surface area contributed by atoms with E-state index in [4.69, 9.17) is 10.5 Å². The van der Waals surface area contributed by atoms with Crippen LogP contribution in [0, 0.1) is 5.92 Å². The molecule has 0 aliphatic rings. The van der Waals surface area contributed by atoms with Gasteiger partial charge in [-0.1, -0.05) is 13.8 Å². The molecule has 1 aromatic carbocycles. The topological polar surface area (TPSA) is 64.3 Å². The lowest BCUT2D eigenvalue weighted by Gasteiger charge is -2.13. The van der Waals surface area contributed by atoms with Gasteiger partial charge in [0.05, 0.1) is 8.95 Å². The molecule has 0 radical (unpaired) electrons. The van der Waals surface area contributed by atoms with E-state index in [1.54, 1.807) is 0 Å². The number of nitrogens with two attached hydrogens (primary N) is 1. The number of carbonyl (C=O) groups is 1. The minimum atomic E-state index is -0.122. The van der Waals surface area contributed by atoms with E-state index >= 15 is 0 Å². The van der Waals surface area contributed by atoms with Crippen LogP contribution in [0.3, 0.4) is 0 Å². The minimum Gasteiger partial charge on any atom is -0.481 e. The molecule has 4 nitrogen and oxygen atoms in total. The fourth-order valence-electron chi connectivity index (χ4n) is 1.57. The average Bonchev–Trinajstić information content (AvgIpc) is 2.35. The smallest absolute Gasteiger partial charge is 0.257 e. The van der Waals surface area contributed by atoms with Gasteiger partial charge < -0.3 is 15.8 Å². The fraction of sp³-hybridized carbons (Fsp3) is 0.500. The molecule has 0 unspecified atom stereocenters. The molecule has 0 atom stereocenters. The predicted molar refractivity (Wildman–Crippen MR) is 87.9 cm³/mol. The Hall–Kier alpha value is -0.590. The largest absolute Gasteiger partial charge is 0.481 e. The summed E-state index contributed by atoms with van der Waals surface area (Å²) in [5.74, 6) is 0.932. The van der Waals surface area contributed by atoms with Crippen molar-refractivity contribution >= 4 is 37.8 Å². The Bertz CT molecular complexity index is 441. The number of halogens is 2. The van der Waals surface area contributed by atoms with Crippen LogP contribution in [-0.2, 0) is 11.2 Å². The molecule has 0 aromatic heterocycles. The molecular weight excluding hydrogens is 388 g/mol. The SMILES string of the molecule is CC(C)CNC(=O)COc1c(Br)cc(CCN)cc1Br. The van der Waals surface area contributed by atoms with Crippen LogP contribution < -0.4 is 15.8 Å². The second-order valence-corrected chi connectivity index (χ2v) is 6.62. The first-order valence-corrected chi connectivity index (χ1v) is 8.10. The van der Waals surface area contributed by atoms with Crippen LogP contribution in [0.5, 0.6) is 5.75 Å². The van der Waals surface area contributed by atoms with Gasteiger partial charge in [-0.2, -0.15) is 0 Å². The molecule has 0 aliphatic heterocycles. The van der Waals surface area contributed by atoms with E-state index < -0.39 is 0 Å². The lowest BCUT2D eigenvalue weighted by molar-refractivity contribution is -0.123. The summed E-state index contributed by atoms with van der Waals surface area (Å²) in [6, 6.07) is 3.91.